The molecule has 0 saturated carbocycles. The predicted molar refractivity (Wildman–Crippen MR) is 110 cm³/mol. The van der Waals surface area contributed by atoms with Crippen LogP contribution < -0.4 is 5.32 Å². The lowest BCUT2D eigenvalue weighted by molar-refractivity contribution is 0.0678. The van der Waals surface area contributed by atoms with Gasteiger partial charge < -0.3 is 10.2 Å². The molecule has 2 aromatic heterocycles. The Morgan fingerprint density at radius 1 is 1.13 bits per heavy atom. The van der Waals surface area contributed by atoms with Gasteiger partial charge in [-0.3, -0.25) is 14.3 Å². The van der Waals surface area contributed by atoms with E-state index in [1.807, 2.05) is 35.2 Å². The molecule has 1 aromatic carbocycles. The summed E-state index contributed by atoms with van der Waals surface area (Å²) < 4.78 is 3.29. The summed E-state index contributed by atoms with van der Waals surface area (Å²) in [7, 11) is 1.78. The van der Waals surface area contributed by atoms with E-state index in [-0.39, 0.29) is 11.8 Å². The zero-order valence-corrected chi connectivity index (χ0v) is 16.9. The molecule has 3 aromatic rings. The fourth-order valence-corrected chi connectivity index (χ4v) is 3.62. The molecule has 1 fully saturated rings. The van der Waals surface area contributed by atoms with Gasteiger partial charge in [-0.05, 0) is 24.3 Å². The summed E-state index contributed by atoms with van der Waals surface area (Å²) in [6.45, 7) is 2.48. The molecule has 1 aliphatic heterocycles. The van der Waals surface area contributed by atoms with Crippen molar-refractivity contribution in [3.8, 4) is 0 Å². The Kier molecular flexibility index (Phi) is 5.87. The van der Waals surface area contributed by atoms with Crippen LogP contribution in [0.5, 0.6) is 0 Å². The summed E-state index contributed by atoms with van der Waals surface area (Å²) in [5.74, 6) is 0.146. The topological polar surface area (TPSA) is 97.9 Å². The van der Waals surface area contributed by atoms with E-state index in [9.17, 15) is 9.59 Å². The maximum absolute atomic E-state index is 12.8. The molecule has 4 rings (SSSR count). The van der Waals surface area contributed by atoms with Crippen molar-refractivity contribution in [2.45, 2.75) is 19.4 Å². The van der Waals surface area contributed by atoms with E-state index < -0.39 is 0 Å². The number of amides is 2. The standard InChI is InChI=1S/C21H25N7O2/c1-26-14-18(12-23-26)20(29)22-11-16-7-9-27(10-8-16)21(30)19-15-28(25-24-19)13-17-5-3-2-4-6-17/h2-6,12,14-16H,7-11,13H2,1H3,(H,22,29). The number of piperidine rings is 1. The molecular formula is C21H25N7O2. The average Bonchev–Trinajstić information content (AvgIpc) is 3.42. The van der Waals surface area contributed by atoms with Crippen LogP contribution in [0.1, 0.15) is 39.3 Å². The Labute approximate surface area is 174 Å². The number of aromatic nitrogens is 5. The van der Waals surface area contributed by atoms with Crippen LogP contribution in [0.3, 0.4) is 0 Å². The number of nitrogens with one attached hydrogen (secondary N) is 1. The van der Waals surface area contributed by atoms with E-state index >= 15 is 0 Å². The molecule has 0 aliphatic carbocycles. The molecule has 1 aliphatic rings. The third-order valence-electron chi connectivity index (χ3n) is 5.37. The molecule has 0 spiro atoms. The van der Waals surface area contributed by atoms with Gasteiger partial charge in [0.05, 0.1) is 24.5 Å². The average molecular weight is 407 g/mol. The molecule has 1 N–H and O–H groups in total. The molecule has 2 amide bonds. The number of likely N-dealkylation sites (tertiary alicyclic amines) is 1. The van der Waals surface area contributed by atoms with Gasteiger partial charge in [0, 0.05) is 32.9 Å². The van der Waals surface area contributed by atoms with Gasteiger partial charge in [0.2, 0.25) is 0 Å². The van der Waals surface area contributed by atoms with Crippen molar-refractivity contribution in [2.24, 2.45) is 13.0 Å². The highest BCUT2D eigenvalue weighted by atomic mass is 16.2. The summed E-state index contributed by atoms with van der Waals surface area (Å²) in [6, 6.07) is 9.94. The molecule has 3 heterocycles. The van der Waals surface area contributed by atoms with Gasteiger partial charge in [0.1, 0.15) is 0 Å². The summed E-state index contributed by atoms with van der Waals surface area (Å²) >= 11 is 0. The Bertz CT molecular complexity index is 1000. The quantitative estimate of drug-likeness (QED) is 0.665. The second-order valence-corrected chi connectivity index (χ2v) is 7.64. The SMILES string of the molecule is Cn1cc(C(=O)NCC2CCN(C(=O)c3cn(Cc4ccccc4)nn3)CC2)cn1. The van der Waals surface area contributed by atoms with Crippen LogP contribution in [0.4, 0.5) is 0 Å². The third-order valence-corrected chi connectivity index (χ3v) is 5.37. The van der Waals surface area contributed by atoms with Crippen molar-refractivity contribution >= 4 is 11.8 Å². The Balaban J connectivity index is 1.25. The number of hydrogen-bond acceptors (Lipinski definition) is 5. The largest absolute Gasteiger partial charge is 0.352 e. The van der Waals surface area contributed by atoms with Crippen molar-refractivity contribution in [1.82, 2.24) is 35.0 Å². The van der Waals surface area contributed by atoms with Crippen molar-refractivity contribution in [3.63, 3.8) is 0 Å². The molecule has 0 radical (unpaired) electrons. The van der Waals surface area contributed by atoms with Gasteiger partial charge in [-0.2, -0.15) is 5.10 Å². The Hall–Kier alpha value is -3.49. The molecule has 30 heavy (non-hydrogen) atoms. The molecule has 1 saturated heterocycles. The molecule has 156 valence electrons. The van der Waals surface area contributed by atoms with E-state index in [1.54, 1.807) is 35.0 Å². The molecule has 0 atom stereocenters. The first-order chi connectivity index (χ1) is 14.6. The lowest BCUT2D eigenvalue weighted by Crippen LogP contribution is -2.41. The van der Waals surface area contributed by atoms with Crippen LogP contribution in [0.2, 0.25) is 0 Å². The van der Waals surface area contributed by atoms with Crippen molar-refractivity contribution in [3.05, 3.63) is 65.7 Å². The Morgan fingerprint density at radius 3 is 2.60 bits per heavy atom. The van der Waals surface area contributed by atoms with E-state index in [0.717, 1.165) is 18.4 Å². The smallest absolute Gasteiger partial charge is 0.276 e. The highest BCUT2D eigenvalue weighted by molar-refractivity contribution is 5.93. The highest BCUT2D eigenvalue weighted by Crippen LogP contribution is 2.18. The first kappa shape index (κ1) is 19.8. The van der Waals surface area contributed by atoms with Gasteiger partial charge in [-0.15, -0.1) is 5.10 Å². The first-order valence-corrected chi connectivity index (χ1v) is 10.1. The van der Waals surface area contributed by atoms with Crippen LogP contribution in [-0.2, 0) is 13.6 Å². The number of carbonyl (C=O) groups excluding carboxylic acids is 2. The number of benzene rings is 1. The second-order valence-electron chi connectivity index (χ2n) is 7.64. The summed E-state index contributed by atoms with van der Waals surface area (Å²) in [4.78, 5) is 26.7. The lowest BCUT2D eigenvalue weighted by Gasteiger charge is -2.31. The van der Waals surface area contributed by atoms with E-state index in [1.165, 1.54) is 0 Å². The van der Waals surface area contributed by atoms with E-state index in [4.69, 9.17) is 0 Å². The van der Waals surface area contributed by atoms with Crippen molar-refractivity contribution in [1.29, 1.82) is 0 Å². The van der Waals surface area contributed by atoms with Gasteiger partial charge in [0.25, 0.3) is 11.8 Å². The summed E-state index contributed by atoms with van der Waals surface area (Å²) in [5.41, 5.74) is 2.04. The fraction of sp³-hybridized carbons (Fsp3) is 0.381. The van der Waals surface area contributed by atoms with Gasteiger partial charge in [-0.1, -0.05) is 35.5 Å². The van der Waals surface area contributed by atoms with Crippen molar-refractivity contribution < 1.29 is 9.59 Å². The normalized spacial score (nSPS) is 14.6. The van der Waals surface area contributed by atoms with Crippen molar-refractivity contribution in [2.75, 3.05) is 19.6 Å². The maximum Gasteiger partial charge on any atom is 0.276 e. The number of hydrogen-bond donors (Lipinski definition) is 1. The van der Waals surface area contributed by atoms with Gasteiger partial charge in [-0.25, -0.2) is 4.68 Å². The van der Waals surface area contributed by atoms with E-state index in [2.05, 4.69) is 20.7 Å². The zero-order chi connectivity index (χ0) is 20.9. The molecule has 0 bridgehead atoms. The third kappa shape index (κ3) is 4.73. The number of aryl methyl sites for hydroxylation is 1. The number of carbonyl (C=O) groups is 2. The van der Waals surface area contributed by atoms with Crippen LogP contribution in [0, 0.1) is 5.92 Å². The minimum Gasteiger partial charge on any atom is -0.352 e. The summed E-state index contributed by atoms with van der Waals surface area (Å²) in [6.07, 6.45) is 6.65. The second kappa shape index (κ2) is 8.89. The monoisotopic (exact) mass is 407 g/mol. The Morgan fingerprint density at radius 2 is 1.90 bits per heavy atom. The predicted octanol–water partition coefficient (Wildman–Crippen LogP) is 1.34. The molecule has 9 heteroatoms. The summed E-state index contributed by atoms with van der Waals surface area (Å²) in [5, 5.41) is 15.1. The highest BCUT2D eigenvalue weighted by Gasteiger charge is 2.25. The van der Waals surface area contributed by atoms with Crippen LogP contribution in [0.15, 0.2) is 48.9 Å². The van der Waals surface area contributed by atoms with Crippen LogP contribution in [0.25, 0.3) is 0 Å². The first-order valence-electron chi connectivity index (χ1n) is 10.1. The number of nitrogens with zero attached hydrogens (tertiary/aromatic N) is 6. The van der Waals surface area contributed by atoms with E-state index in [0.29, 0.717) is 43.4 Å². The minimum atomic E-state index is -0.114. The molecular weight excluding hydrogens is 382 g/mol. The van der Waals surface area contributed by atoms with Gasteiger partial charge >= 0.3 is 0 Å². The van der Waals surface area contributed by atoms with Crippen LogP contribution in [-0.4, -0.2) is 61.1 Å². The van der Waals surface area contributed by atoms with Gasteiger partial charge in [0.15, 0.2) is 5.69 Å². The number of rotatable bonds is 6. The maximum atomic E-state index is 12.8. The van der Waals surface area contributed by atoms with Crippen LogP contribution >= 0.6 is 0 Å². The minimum absolute atomic E-state index is 0.0906. The zero-order valence-electron chi connectivity index (χ0n) is 16.9. The molecule has 9 nitrogen and oxygen atoms in total. The molecule has 0 unspecified atom stereocenters. The lowest BCUT2D eigenvalue weighted by atomic mass is 9.96. The fourth-order valence-electron chi connectivity index (χ4n) is 3.62.